The number of aliphatic carboxylic acids is 1. The van der Waals surface area contributed by atoms with E-state index in [4.69, 9.17) is 6.42 Å². The van der Waals surface area contributed by atoms with E-state index in [0.29, 0.717) is 17.8 Å². The maximum Gasteiger partial charge on any atom is 0.313 e. The third-order valence-electron chi connectivity index (χ3n) is 9.50. The molecule has 2 N–H and O–H groups in total. The molecule has 6 atom stereocenters. The number of fused-ring (bicyclic) bond motifs is 5. The first-order valence-electron chi connectivity index (χ1n) is 10.8. The minimum absolute atomic E-state index is 0.110. The fourth-order valence-electron chi connectivity index (χ4n) is 7.21. The molecule has 3 heteroatoms. The lowest BCUT2D eigenvalue weighted by molar-refractivity contribution is -0.145. The van der Waals surface area contributed by atoms with Gasteiger partial charge in [-0.3, -0.25) is 4.79 Å². The van der Waals surface area contributed by atoms with Crippen LogP contribution in [0, 0.1) is 46.3 Å². The summed E-state index contributed by atoms with van der Waals surface area (Å²) in [5.41, 5.74) is 0.561. The Morgan fingerprint density at radius 3 is 2.54 bits per heavy atom. The van der Waals surface area contributed by atoms with Crippen LogP contribution in [0.2, 0.25) is 0 Å². The van der Waals surface area contributed by atoms with E-state index in [0.717, 1.165) is 50.5 Å². The Morgan fingerprint density at radius 2 is 1.89 bits per heavy atom. The van der Waals surface area contributed by atoms with Crippen LogP contribution in [0.3, 0.4) is 0 Å². The Balaban J connectivity index is 1.69. The lowest BCUT2D eigenvalue weighted by Gasteiger charge is -2.57. The van der Waals surface area contributed by atoms with Crippen LogP contribution >= 0.6 is 0 Å². The number of aliphatic hydroxyl groups is 1. The molecule has 2 saturated carbocycles. The van der Waals surface area contributed by atoms with Crippen molar-refractivity contribution in [2.75, 3.05) is 0 Å². The molecular formula is C25H34O3. The van der Waals surface area contributed by atoms with Gasteiger partial charge in [-0.15, -0.1) is 6.42 Å². The summed E-state index contributed by atoms with van der Waals surface area (Å²) in [6, 6.07) is 0. The number of terminal acetylenes is 1. The van der Waals surface area contributed by atoms with Crippen LogP contribution in [-0.4, -0.2) is 21.8 Å². The number of hydrogen-bond acceptors (Lipinski definition) is 2. The second-order valence-corrected chi connectivity index (χ2v) is 10.8. The molecule has 3 nitrogen and oxygen atoms in total. The predicted molar refractivity (Wildman–Crippen MR) is 110 cm³/mol. The Bertz CT molecular complexity index is 812. The summed E-state index contributed by atoms with van der Waals surface area (Å²) in [7, 11) is 0. The minimum atomic E-state index is -0.960. The molecule has 2 fully saturated rings. The third-order valence-corrected chi connectivity index (χ3v) is 9.50. The third kappa shape index (κ3) is 2.37. The maximum absolute atomic E-state index is 11.7. The summed E-state index contributed by atoms with van der Waals surface area (Å²) < 4.78 is 0. The zero-order chi connectivity index (χ0) is 20.5. The van der Waals surface area contributed by atoms with Gasteiger partial charge in [0.25, 0.3) is 0 Å². The van der Waals surface area contributed by atoms with Crippen molar-refractivity contribution in [3.63, 3.8) is 0 Å². The quantitative estimate of drug-likeness (QED) is 0.664. The summed E-state index contributed by atoms with van der Waals surface area (Å²) in [6.07, 6.45) is 17.1. The first-order valence-corrected chi connectivity index (χ1v) is 10.8. The highest BCUT2D eigenvalue weighted by molar-refractivity contribution is 5.78. The second kappa shape index (κ2) is 5.99. The van der Waals surface area contributed by atoms with Crippen molar-refractivity contribution >= 4 is 5.97 Å². The van der Waals surface area contributed by atoms with Gasteiger partial charge in [0.2, 0.25) is 0 Å². The molecule has 0 aromatic rings. The van der Waals surface area contributed by atoms with Gasteiger partial charge >= 0.3 is 5.97 Å². The average molecular weight is 383 g/mol. The van der Waals surface area contributed by atoms with E-state index < -0.39 is 17.0 Å². The molecule has 28 heavy (non-hydrogen) atoms. The van der Waals surface area contributed by atoms with Crippen molar-refractivity contribution in [3.05, 3.63) is 23.3 Å². The van der Waals surface area contributed by atoms with E-state index in [1.807, 2.05) is 13.8 Å². The maximum atomic E-state index is 11.7. The van der Waals surface area contributed by atoms with E-state index in [2.05, 4.69) is 31.9 Å². The predicted octanol–water partition coefficient (Wildman–Crippen LogP) is 4.96. The van der Waals surface area contributed by atoms with Gasteiger partial charge in [0.1, 0.15) is 5.60 Å². The lowest BCUT2D eigenvalue weighted by atomic mass is 9.47. The van der Waals surface area contributed by atoms with Crippen molar-refractivity contribution in [2.24, 2.45) is 34.0 Å². The number of carboxylic acids is 1. The number of allylic oxidation sites excluding steroid dienone is 3. The first kappa shape index (κ1) is 19.8. The zero-order valence-electron chi connectivity index (χ0n) is 17.7. The van der Waals surface area contributed by atoms with E-state index in [1.54, 1.807) is 0 Å². The van der Waals surface area contributed by atoms with Crippen LogP contribution in [0.5, 0.6) is 0 Å². The molecule has 0 bridgehead atoms. The summed E-state index contributed by atoms with van der Waals surface area (Å²) in [6.45, 7) is 8.25. The highest BCUT2D eigenvalue weighted by Crippen LogP contribution is 2.67. The van der Waals surface area contributed by atoms with Crippen molar-refractivity contribution < 1.29 is 15.0 Å². The van der Waals surface area contributed by atoms with Crippen molar-refractivity contribution in [2.45, 2.75) is 78.2 Å². The molecule has 0 radical (unpaired) electrons. The molecule has 4 rings (SSSR count). The van der Waals surface area contributed by atoms with Crippen molar-refractivity contribution in [1.29, 1.82) is 0 Å². The highest BCUT2D eigenvalue weighted by atomic mass is 16.4. The molecule has 0 aromatic carbocycles. The molecule has 4 aliphatic rings. The SMILES string of the molecule is C#C[C@]1(O)CC[C@@H]2[C@H]3CC=C4C=C(C(C)(C)C(=O)O)CC[C@]4(C)[C@H]3CC[C@@]21C. The topological polar surface area (TPSA) is 57.5 Å². The van der Waals surface area contributed by atoms with Gasteiger partial charge in [-0.2, -0.15) is 0 Å². The summed E-state index contributed by atoms with van der Waals surface area (Å²) in [5.74, 6) is 3.64. The zero-order valence-corrected chi connectivity index (χ0v) is 17.7. The standard InChI is InChI=1S/C25H34O3/c1-6-25(28)14-11-20-18-8-7-17-15-16(22(2,3)21(26)27)9-12-23(17,4)19(18)10-13-24(20,25)5/h1,7,15,18-20,28H,8-14H2,2-5H3,(H,26,27)/t18-,19-,20+,23-,24-,25-/m0/s1. The van der Waals surface area contributed by atoms with E-state index in [1.165, 1.54) is 5.57 Å². The van der Waals surface area contributed by atoms with Gasteiger partial charge in [0.15, 0.2) is 0 Å². The fraction of sp³-hybridized carbons (Fsp3) is 0.720. The van der Waals surface area contributed by atoms with E-state index in [9.17, 15) is 15.0 Å². The number of carbonyl (C=O) groups is 1. The van der Waals surface area contributed by atoms with Gasteiger partial charge in [-0.05, 0) is 87.5 Å². The molecule has 0 saturated heterocycles. The minimum Gasteiger partial charge on any atom is -0.481 e. The Kier molecular flexibility index (Phi) is 4.23. The van der Waals surface area contributed by atoms with Crippen molar-refractivity contribution in [3.8, 4) is 12.3 Å². The molecule has 152 valence electrons. The molecule has 4 aliphatic carbocycles. The normalized spacial score (nSPS) is 45.1. The fourth-order valence-corrected chi connectivity index (χ4v) is 7.21. The van der Waals surface area contributed by atoms with Gasteiger partial charge in [-0.25, -0.2) is 0 Å². The van der Waals surface area contributed by atoms with Crippen LogP contribution < -0.4 is 0 Å². The van der Waals surface area contributed by atoms with Crippen LogP contribution in [0.15, 0.2) is 23.3 Å². The highest BCUT2D eigenvalue weighted by Gasteiger charge is 2.63. The average Bonchev–Trinajstić information content (AvgIpc) is 2.92. The molecule has 0 aliphatic heterocycles. The summed E-state index contributed by atoms with van der Waals surface area (Å²) in [4.78, 5) is 11.7. The van der Waals surface area contributed by atoms with Crippen LogP contribution in [0.1, 0.15) is 72.6 Å². The smallest absolute Gasteiger partial charge is 0.313 e. The van der Waals surface area contributed by atoms with Gasteiger partial charge in [-0.1, -0.05) is 37.5 Å². The lowest BCUT2D eigenvalue weighted by Crippen LogP contribution is -2.53. The Labute approximate surface area is 169 Å². The number of carboxylic acid groups (broad SMARTS) is 1. The van der Waals surface area contributed by atoms with Crippen LogP contribution in [-0.2, 0) is 4.79 Å². The van der Waals surface area contributed by atoms with Gasteiger partial charge in [0.05, 0.1) is 5.41 Å². The molecular weight excluding hydrogens is 348 g/mol. The number of rotatable bonds is 2. The monoisotopic (exact) mass is 382 g/mol. The van der Waals surface area contributed by atoms with Crippen LogP contribution in [0.4, 0.5) is 0 Å². The molecule has 0 aromatic heterocycles. The first-order chi connectivity index (χ1) is 13.0. The molecule has 0 spiro atoms. The van der Waals surface area contributed by atoms with E-state index in [-0.39, 0.29) is 10.8 Å². The Hall–Kier alpha value is -1.53. The number of hydrogen-bond donors (Lipinski definition) is 2. The van der Waals surface area contributed by atoms with Crippen LogP contribution in [0.25, 0.3) is 0 Å². The molecule has 0 heterocycles. The van der Waals surface area contributed by atoms with E-state index >= 15 is 0 Å². The largest absolute Gasteiger partial charge is 0.481 e. The molecule has 0 amide bonds. The van der Waals surface area contributed by atoms with Crippen molar-refractivity contribution in [1.82, 2.24) is 0 Å². The Morgan fingerprint density at radius 1 is 1.21 bits per heavy atom. The summed E-state index contributed by atoms with van der Waals surface area (Å²) in [5, 5.41) is 20.7. The second-order valence-electron chi connectivity index (χ2n) is 10.8. The van der Waals surface area contributed by atoms with Gasteiger partial charge in [0, 0.05) is 5.41 Å². The van der Waals surface area contributed by atoms with Gasteiger partial charge < -0.3 is 10.2 Å². The summed E-state index contributed by atoms with van der Waals surface area (Å²) >= 11 is 0. The molecule has 0 unspecified atom stereocenters.